The van der Waals surface area contributed by atoms with Crippen molar-refractivity contribution in [2.24, 2.45) is 0 Å². The highest BCUT2D eigenvalue weighted by atomic mass is 35.5. The molecular formula is C27H37ClN2O2. The summed E-state index contributed by atoms with van der Waals surface area (Å²) >= 11 is 6.35. The Kier molecular flexibility index (Phi) is 9.33. The highest BCUT2D eigenvalue weighted by Crippen LogP contribution is 2.23. The minimum absolute atomic E-state index is 0.0587. The van der Waals surface area contributed by atoms with Gasteiger partial charge in [-0.25, -0.2) is 0 Å². The van der Waals surface area contributed by atoms with Gasteiger partial charge in [0.05, 0.1) is 0 Å². The lowest BCUT2D eigenvalue weighted by atomic mass is 9.86. The van der Waals surface area contributed by atoms with Crippen LogP contribution in [0.3, 0.4) is 0 Å². The molecule has 174 valence electrons. The highest BCUT2D eigenvalue weighted by molar-refractivity contribution is 6.31. The average molecular weight is 457 g/mol. The van der Waals surface area contributed by atoms with E-state index in [0.29, 0.717) is 24.4 Å². The lowest BCUT2D eigenvalue weighted by Gasteiger charge is -2.30. The molecule has 1 N–H and O–H groups in total. The molecule has 0 saturated carbocycles. The number of halogens is 1. The second-order valence-corrected chi connectivity index (χ2v) is 9.96. The fourth-order valence-corrected chi connectivity index (χ4v) is 3.62. The lowest BCUT2D eigenvalue weighted by Crippen LogP contribution is -2.49. The van der Waals surface area contributed by atoms with Gasteiger partial charge >= 0.3 is 0 Å². The third-order valence-corrected chi connectivity index (χ3v) is 6.28. The van der Waals surface area contributed by atoms with Crippen LogP contribution in [0.4, 0.5) is 0 Å². The molecule has 2 atom stereocenters. The summed E-state index contributed by atoms with van der Waals surface area (Å²) in [7, 11) is 0. The first-order valence-electron chi connectivity index (χ1n) is 11.5. The van der Waals surface area contributed by atoms with E-state index in [2.05, 4.69) is 50.4 Å². The maximum Gasteiger partial charge on any atom is 0.242 e. The number of hydrogen-bond acceptors (Lipinski definition) is 2. The van der Waals surface area contributed by atoms with Crippen LogP contribution >= 0.6 is 11.6 Å². The maximum atomic E-state index is 13.3. The Bertz CT molecular complexity index is 903. The Morgan fingerprint density at radius 3 is 2.22 bits per heavy atom. The zero-order chi connectivity index (χ0) is 23.9. The lowest BCUT2D eigenvalue weighted by molar-refractivity contribution is -0.140. The molecule has 2 amide bonds. The summed E-state index contributed by atoms with van der Waals surface area (Å²) in [4.78, 5) is 27.7. The molecule has 0 aromatic heterocycles. The number of hydrogen-bond donors (Lipinski definition) is 1. The van der Waals surface area contributed by atoms with Crippen molar-refractivity contribution in [3.63, 3.8) is 0 Å². The van der Waals surface area contributed by atoms with E-state index in [1.807, 2.05) is 32.0 Å². The SMILES string of the molecule is CC[C@H](C)NC(=O)[C@H](C)N(Cc1ccccc1Cl)C(=O)CCc1ccc(C(C)(C)C)cc1. The van der Waals surface area contributed by atoms with Gasteiger partial charge in [-0.15, -0.1) is 0 Å². The van der Waals surface area contributed by atoms with Crippen molar-refractivity contribution in [3.8, 4) is 0 Å². The molecule has 0 bridgehead atoms. The van der Waals surface area contributed by atoms with Gasteiger partial charge in [0.2, 0.25) is 11.8 Å². The summed E-state index contributed by atoms with van der Waals surface area (Å²) in [5.41, 5.74) is 3.31. The van der Waals surface area contributed by atoms with E-state index in [1.165, 1.54) is 5.56 Å². The van der Waals surface area contributed by atoms with Crippen molar-refractivity contribution in [2.45, 2.75) is 84.8 Å². The molecule has 0 saturated heterocycles. The molecule has 0 fully saturated rings. The van der Waals surface area contributed by atoms with Crippen molar-refractivity contribution in [3.05, 3.63) is 70.2 Å². The molecule has 5 heteroatoms. The molecule has 0 heterocycles. The summed E-state index contributed by atoms with van der Waals surface area (Å²) < 4.78 is 0. The number of amides is 2. The third-order valence-electron chi connectivity index (χ3n) is 5.91. The Labute approximate surface area is 198 Å². The average Bonchev–Trinajstić information content (AvgIpc) is 2.76. The molecular weight excluding hydrogens is 420 g/mol. The normalized spacial score (nSPS) is 13.3. The van der Waals surface area contributed by atoms with E-state index in [0.717, 1.165) is 17.5 Å². The van der Waals surface area contributed by atoms with Gasteiger partial charge in [-0.3, -0.25) is 9.59 Å². The monoisotopic (exact) mass is 456 g/mol. The Morgan fingerprint density at radius 1 is 1.03 bits per heavy atom. The molecule has 0 spiro atoms. The number of carbonyl (C=O) groups excluding carboxylic acids is 2. The van der Waals surface area contributed by atoms with E-state index in [-0.39, 0.29) is 23.3 Å². The quantitative estimate of drug-likeness (QED) is 0.510. The van der Waals surface area contributed by atoms with Crippen LogP contribution in [0.5, 0.6) is 0 Å². The van der Waals surface area contributed by atoms with E-state index in [9.17, 15) is 9.59 Å². The molecule has 4 nitrogen and oxygen atoms in total. The first-order valence-corrected chi connectivity index (χ1v) is 11.8. The molecule has 0 aliphatic heterocycles. The molecule has 2 rings (SSSR count). The van der Waals surface area contributed by atoms with Crippen molar-refractivity contribution >= 4 is 23.4 Å². The van der Waals surface area contributed by atoms with Gasteiger partial charge in [0.1, 0.15) is 6.04 Å². The van der Waals surface area contributed by atoms with Crippen LogP contribution in [0.15, 0.2) is 48.5 Å². The summed E-state index contributed by atoms with van der Waals surface area (Å²) in [5.74, 6) is -0.203. The van der Waals surface area contributed by atoms with Crippen LogP contribution in [0.2, 0.25) is 5.02 Å². The fraction of sp³-hybridized carbons (Fsp3) is 0.481. The van der Waals surface area contributed by atoms with Crippen molar-refractivity contribution in [1.82, 2.24) is 10.2 Å². The second kappa shape index (κ2) is 11.5. The third kappa shape index (κ3) is 7.37. The fourth-order valence-electron chi connectivity index (χ4n) is 3.42. The minimum atomic E-state index is -0.587. The number of nitrogens with one attached hydrogen (secondary N) is 1. The Hall–Kier alpha value is -2.33. The van der Waals surface area contributed by atoms with Crippen molar-refractivity contribution in [2.75, 3.05) is 0 Å². The van der Waals surface area contributed by atoms with Gasteiger partial charge in [0, 0.05) is 24.0 Å². The number of carbonyl (C=O) groups is 2. The number of benzene rings is 2. The predicted molar refractivity (Wildman–Crippen MR) is 133 cm³/mol. The van der Waals surface area contributed by atoms with Gasteiger partial charge in [0.25, 0.3) is 0 Å². The summed E-state index contributed by atoms with van der Waals surface area (Å²) in [6.07, 6.45) is 1.80. The standard InChI is InChI=1S/C27H37ClN2O2/c1-7-19(2)29-26(32)20(3)30(18-22-10-8-9-11-24(22)28)25(31)17-14-21-12-15-23(16-13-21)27(4,5)6/h8-13,15-16,19-20H,7,14,17-18H2,1-6H3,(H,29,32)/t19-,20-/m0/s1. The zero-order valence-corrected chi connectivity index (χ0v) is 21.0. The van der Waals surface area contributed by atoms with Crippen molar-refractivity contribution < 1.29 is 9.59 Å². The van der Waals surface area contributed by atoms with E-state index in [4.69, 9.17) is 11.6 Å². The summed E-state index contributed by atoms with van der Waals surface area (Å²) in [6, 6.07) is 15.4. The number of rotatable bonds is 9. The molecule has 2 aromatic rings. The van der Waals surface area contributed by atoms with Gasteiger partial charge in [0.15, 0.2) is 0 Å². The van der Waals surface area contributed by atoms with E-state index >= 15 is 0 Å². The molecule has 0 aliphatic carbocycles. The number of nitrogens with zero attached hydrogens (tertiary/aromatic N) is 1. The van der Waals surface area contributed by atoms with Crippen LogP contribution < -0.4 is 5.32 Å². The Balaban J connectivity index is 2.15. The zero-order valence-electron chi connectivity index (χ0n) is 20.2. The minimum Gasteiger partial charge on any atom is -0.352 e. The van der Waals surface area contributed by atoms with Crippen molar-refractivity contribution in [1.29, 1.82) is 0 Å². The Morgan fingerprint density at radius 2 is 1.66 bits per heavy atom. The molecule has 2 aromatic carbocycles. The van der Waals surface area contributed by atoms with Gasteiger partial charge in [-0.05, 0) is 54.9 Å². The highest BCUT2D eigenvalue weighted by Gasteiger charge is 2.27. The van der Waals surface area contributed by atoms with Gasteiger partial charge in [-0.1, -0.05) is 81.8 Å². The summed E-state index contributed by atoms with van der Waals surface area (Å²) in [6.45, 7) is 12.6. The van der Waals surface area contributed by atoms with E-state index in [1.54, 1.807) is 17.9 Å². The number of aryl methyl sites for hydroxylation is 1. The smallest absolute Gasteiger partial charge is 0.242 e. The first-order chi connectivity index (χ1) is 15.0. The summed E-state index contributed by atoms with van der Waals surface area (Å²) in [5, 5.41) is 3.59. The van der Waals surface area contributed by atoms with E-state index < -0.39 is 6.04 Å². The van der Waals surface area contributed by atoms with Crippen LogP contribution in [0.25, 0.3) is 0 Å². The molecule has 0 unspecified atom stereocenters. The maximum absolute atomic E-state index is 13.3. The van der Waals surface area contributed by atoms with Crippen LogP contribution in [0.1, 0.15) is 71.1 Å². The largest absolute Gasteiger partial charge is 0.352 e. The molecule has 0 aliphatic rings. The van der Waals surface area contributed by atoms with Gasteiger partial charge < -0.3 is 10.2 Å². The predicted octanol–water partition coefficient (Wildman–Crippen LogP) is 5.90. The van der Waals surface area contributed by atoms with Crippen LogP contribution in [-0.2, 0) is 28.0 Å². The van der Waals surface area contributed by atoms with Crippen LogP contribution in [0, 0.1) is 0 Å². The topological polar surface area (TPSA) is 49.4 Å². The first kappa shape index (κ1) is 25.9. The molecule has 0 radical (unpaired) electrons. The second-order valence-electron chi connectivity index (χ2n) is 9.55. The van der Waals surface area contributed by atoms with Crippen LogP contribution in [-0.4, -0.2) is 28.8 Å². The van der Waals surface area contributed by atoms with Gasteiger partial charge in [-0.2, -0.15) is 0 Å². The molecule has 32 heavy (non-hydrogen) atoms.